The monoisotopic (exact) mass is 739 g/mol. The highest BCUT2D eigenvalue weighted by Crippen LogP contribution is 2.50. The highest BCUT2D eigenvalue weighted by molar-refractivity contribution is 5.67. The molecule has 0 aliphatic carbocycles. The second kappa shape index (κ2) is 13.5. The first-order valence-corrected chi connectivity index (χ1v) is 17.5. The number of aromatic nitrogens is 9. The molecule has 2 aliphatic heterocycles. The van der Waals surface area contributed by atoms with Crippen LogP contribution in [-0.2, 0) is 18.1 Å². The van der Waals surface area contributed by atoms with Crippen LogP contribution in [0.3, 0.4) is 0 Å². The summed E-state index contributed by atoms with van der Waals surface area (Å²) in [5.41, 5.74) is -0.663. The number of nitrogens with zero attached hydrogens (tertiary/aromatic N) is 11. The molecule has 0 bridgehead atoms. The Bertz CT molecular complexity index is 2340. The molecule has 2 aromatic carbocycles. The fraction of sp³-hybridized carbons (Fsp3) is 0.324. The molecule has 0 spiro atoms. The zero-order chi connectivity index (χ0) is 37.8. The molecular weight excluding hydrogens is 703 g/mol. The highest BCUT2D eigenvalue weighted by atomic mass is 19.3. The first kappa shape index (κ1) is 35.1. The Morgan fingerprint density at radius 1 is 0.907 bits per heavy atom. The van der Waals surface area contributed by atoms with Crippen molar-refractivity contribution in [1.29, 1.82) is 0 Å². The number of hydrogen-bond acceptors (Lipinski definition) is 11. The predicted octanol–water partition coefficient (Wildman–Crippen LogP) is 3.94. The van der Waals surface area contributed by atoms with Gasteiger partial charge >= 0.3 is 11.6 Å². The van der Waals surface area contributed by atoms with Gasteiger partial charge in [-0.05, 0) is 71.8 Å². The maximum absolute atomic E-state index is 16.2. The normalized spacial score (nSPS) is 18.3. The van der Waals surface area contributed by atoms with Crippen molar-refractivity contribution in [2.45, 2.75) is 50.5 Å². The standard InChI is InChI=1S/C37H36F3N11O3/c1-3-31(23(2)52)51-35(53)49(22-43-51)33-13-10-28(20-42-33)48-16-14-47(15-17-48)27-8-4-24(5-9-27)25-6-12-32(41-19-25)37(39,40)36(54)21-50-34(44-45-46-50)29-18-26(38)7-11-30(29)36/h4-13,18-20,22-23,31,52,54H,3,14-17,21H2,1-2H3/t23-,31-,36-/m0/s1. The van der Waals surface area contributed by atoms with E-state index in [9.17, 15) is 19.4 Å². The third-order valence-corrected chi connectivity index (χ3v) is 10.4. The number of aliphatic hydroxyl groups excluding tert-OH is 1. The highest BCUT2D eigenvalue weighted by Gasteiger charge is 2.59. The van der Waals surface area contributed by atoms with E-state index in [1.807, 2.05) is 37.3 Å². The van der Waals surface area contributed by atoms with Gasteiger partial charge in [0.05, 0.1) is 30.6 Å². The summed E-state index contributed by atoms with van der Waals surface area (Å²) in [5, 5.41) is 36.8. The summed E-state index contributed by atoms with van der Waals surface area (Å²) < 4.78 is 50.1. The lowest BCUT2D eigenvalue weighted by atomic mass is 9.80. The minimum absolute atomic E-state index is 0.0165. The van der Waals surface area contributed by atoms with E-state index in [1.54, 1.807) is 19.2 Å². The zero-order valence-corrected chi connectivity index (χ0v) is 29.3. The molecule has 2 aliphatic rings. The van der Waals surface area contributed by atoms with Crippen LogP contribution in [0.25, 0.3) is 28.3 Å². The molecule has 6 aromatic rings. The van der Waals surface area contributed by atoms with Crippen molar-refractivity contribution in [2.75, 3.05) is 36.0 Å². The van der Waals surface area contributed by atoms with Crippen LogP contribution in [0.1, 0.15) is 37.6 Å². The van der Waals surface area contributed by atoms with Gasteiger partial charge in [0, 0.05) is 54.8 Å². The van der Waals surface area contributed by atoms with E-state index in [4.69, 9.17) is 0 Å². The molecule has 0 amide bonds. The molecule has 1 fully saturated rings. The molecule has 0 saturated carbocycles. The molecule has 2 N–H and O–H groups in total. The Morgan fingerprint density at radius 3 is 2.26 bits per heavy atom. The van der Waals surface area contributed by atoms with Crippen molar-refractivity contribution in [3.63, 3.8) is 0 Å². The van der Waals surface area contributed by atoms with Gasteiger partial charge in [-0.3, -0.25) is 4.98 Å². The molecule has 3 atom stereocenters. The molecule has 8 rings (SSSR count). The fourth-order valence-electron chi connectivity index (χ4n) is 7.31. The molecule has 0 radical (unpaired) electrons. The minimum Gasteiger partial charge on any atom is -0.391 e. The summed E-state index contributed by atoms with van der Waals surface area (Å²) in [4.78, 5) is 26.0. The Morgan fingerprint density at radius 2 is 1.61 bits per heavy atom. The molecular formula is C37H36F3N11O3. The van der Waals surface area contributed by atoms with E-state index < -0.39 is 41.7 Å². The van der Waals surface area contributed by atoms with Gasteiger partial charge in [-0.15, -0.1) is 5.10 Å². The molecule has 0 unspecified atom stereocenters. The summed E-state index contributed by atoms with van der Waals surface area (Å²) in [6, 6.07) is 17.0. The Labute approximate surface area is 306 Å². The SMILES string of the molecule is CC[C@@H]([C@H](C)O)n1ncn(-c2ccc(N3CCN(c4ccc(-c5ccc(C(F)(F)[C@]6(O)Cn7nnnc7-c7cc(F)ccc76)nc5)cc4)CC3)cn2)c1=O. The van der Waals surface area contributed by atoms with Crippen molar-refractivity contribution in [1.82, 2.24) is 44.5 Å². The van der Waals surface area contributed by atoms with Crippen LogP contribution in [-0.4, -0.2) is 87.0 Å². The molecule has 54 heavy (non-hydrogen) atoms. The largest absolute Gasteiger partial charge is 0.391 e. The third-order valence-electron chi connectivity index (χ3n) is 10.4. The first-order valence-electron chi connectivity index (χ1n) is 17.5. The van der Waals surface area contributed by atoms with E-state index >= 15 is 8.78 Å². The van der Waals surface area contributed by atoms with Crippen molar-refractivity contribution >= 4 is 11.4 Å². The van der Waals surface area contributed by atoms with Crippen LogP contribution in [0.5, 0.6) is 0 Å². The van der Waals surface area contributed by atoms with Gasteiger partial charge in [0.15, 0.2) is 11.4 Å². The van der Waals surface area contributed by atoms with Crippen LogP contribution in [0.2, 0.25) is 0 Å². The number of fused-ring (bicyclic) bond motifs is 3. The van der Waals surface area contributed by atoms with Crippen LogP contribution in [0.4, 0.5) is 24.5 Å². The van der Waals surface area contributed by atoms with E-state index in [1.165, 1.54) is 33.9 Å². The van der Waals surface area contributed by atoms with Gasteiger partial charge in [-0.2, -0.15) is 13.9 Å². The number of anilines is 2. The second-order valence-electron chi connectivity index (χ2n) is 13.6. The average molecular weight is 740 g/mol. The van der Waals surface area contributed by atoms with Gasteiger partial charge in [-0.1, -0.05) is 31.2 Å². The Balaban J connectivity index is 0.916. The number of aliphatic hydroxyl groups is 2. The maximum atomic E-state index is 16.2. The van der Waals surface area contributed by atoms with Crippen molar-refractivity contribution < 1.29 is 23.4 Å². The Kier molecular flexibility index (Phi) is 8.76. The summed E-state index contributed by atoms with van der Waals surface area (Å²) in [6.45, 7) is 5.87. The van der Waals surface area contributed by atoms with Gasteiger partial charge in [-0.25, -0.2) is 28.1 Å². The smallest absolute Gasteiger partial charge is 0.351 e. The first-order chi connectivity index (χ1) is 26.0. The van der Waals surface area contributed by atoms with Gasteiger partial charge in [0.2, 0.25) is 0 Å². The van der Waals surface area contributed by atoms with E-state index in [0.717, 1.165) is 66.0 Å². The van der Waals surface area contributed by atoms with Crippen molar-refractivity contribution in [3.8, 4) is 28.3 Å². The fourth-order valence-corrected chi connectivity index (χ4v) is 7.31. The minimum atomic E-state index is -3.88. The molecule has 6 heterocycles. The zero-order valence-electron chi connectivity index (χ0n) is 29.3. The second-order valence-corrected chi connectivity index (χ2v) is 13.6. The van der Waals surface area contributed by atoms with E-state index in [2.05, 4.69) is 40.4 Å². The van der Waals surface area contributed by atoms with Crippen LogP contribution in [0.15, 0.2) is 90.2 Å². The lowest BCUT2D eigenvalue weighted by Crippen LogP contribution is -2.49. The maximum Gasteiger partial charge on any atom is 0.351 e. The predicted molar refractivity (Wildman–Crippen MR) is 192 cm³/mol. The lowest BCUT2D eigenvalue weighted by molar-refractivity contribution is -0.207. The summed E-state index contributed by atoms with van der Waals surface area (Å²) in [6.07, 6.45) is 4.35. The number of benzene rings is 2. The lowest BCUT2D eigenvalue weighted by Gasteiger charge is -2.39. The number of piperazine rings is 1. The van der Waals surface area contributed by atoms with Gasteiger partial charge in [0.1, 0.15) is 23.7 Å². The molecule has 4 aromatic heterocycles. The van der Waals surface area contributed by atoms with Crippen LogP contribution >= 0.6 is 0 Å². The van der Waals surface area contributed by atoms with Crippen LogP contribution < -0.4 is 15.5 Å². The number of alkyl halides is 2. The number of rotatable bonds is 9. The van der Waals surface area contributed by atoms with Crippen molar-refractivity contribution in [3.05, 3.63) is 113 Å². The topological polar surface area (TPSA) is 156 Å². The third kappa shape index (κ3) is 5.89. The summed E-state index contributed by atoms with van der Waals surface area (Å²) >= 11 is 0. The number of halogens is 3. The molecule has 1 saturated heterocycles. The summed E-state index contributed by atoms with van der Waals surface area (Å²) in [7, 11) is 0. The molecule has 17 heteroatoms. The van der Waals surface area contributed by atoms with Gasteiger partial charge in [0.25, 0.3) is 0 Å². The number of tetrazole rings is 1. The quantitative estimate of drug-likeness (QED) is 0.222. The summed E-state index contributed by atoms with van der Waals surface area (Å²) in [5.74, 6) is -4.02. The molecule has 14 nitrogen and oxygen atoms in total. The van der Waals surface area contributed by atoms with Crippen molar-refractivity contribution in [2.24, 2.45) is 0 Å². The number of hydrogen-bond donors (Lipinski definition) is 2. The Hall–Kier alpha value is -5.94. The van der Waals surface area contributed by atoms with Gasteiger partial charge < -0.3 is 20.0 Å². The number of pyridine rings is 2. The van der Waals surface area contributed by atoms with E-state index in [-0.39, 0.29) is 22.6 Å². The molecule has 278 valence electrons. The van der Waals surface area contributed by atoms with Crippen LogP contribution in [0, 0.1) is 5.82 Å². The average Bonchev–Trinajstić information content (AvgIpc) is 3.81. The van der Waals surface area contributed by atoms with E-state index in [0.29, 0.717) is 17.8 Å².